The van der Waals surface area contributed by atoms with E-state index >= 15 is 0 Å². The van der Waals surface area contributed by atoms with Gasteiger partial charge >= 0.3 is 0 Å². The number of rotatable bonds is 7. The number of nitrogens with zero attached hydrogens (tertiary/aromatic N) is 1. The third-order valence-corrected chi connectivity index (χ3v) is 6.23. The highest BCUT2D eigenvalue weighted by Crippen LogP contribution is 2.32. The molecule has 1 heterocycles. The number of carbonyl (C=O) groups excluding carboxylic acids is 3. The third kappa shape index (κ3) is 5.85. The number of carbonyl (C=O) groups is 3. The van der Waals surface area contributed by atoms with Crippen LogP contribution in [0.25, 0.3) is 10.8 Å². The van der Waals surface area contributed by atoms with Crippen molar-refractivity contribution >= 4 is 45.6 Å². The summed E-state index contributed by atoms with van der Waals surface area (Å²) in [6.07, 6.45) is 1.77. The molecule has 3 N–H and O–H groups in total. The van der Waals surface area contributed by atoms with Crippen LogP contribution in [0, 0.1) is 5.92 Å². The zero-order valence-electron chi connectivity index (χ0n) is 19.4. The lowest BCUT2D eigenvalue weighted by atomic mass is 10.0. The van der Waals surface area contributed by atoms with E-state index in [0.717, 1.165) is 36.7 Å². The van der Waals surface area contributed by atoms with Gasteiger partial charge in [0, 0.05) is 30.4 Å². The largest absolute Gasteiger partial charge is 0.379 e. The number of amides is 3. The maximum atomic E-state index is 13.2. The molecular formula is C27H28N4O4. The van der Waals surface area contributed by atoms with E-state index < -0.39 is 0 Å². The fourth-order valence-electron chi connectivity index (χ4n) is 4.11. The molecule has 2 fully saturated rings. The highest BCUT2D eigenvalue weighted by molar-refractivity contribution is 6.13. The molecule has 5 rings (SSSR count). The van der Waals surface area contributed by atoms with E-state index in [0.29, 0.717) is 42.4 Å². The Morgan fingerprint density at radius 3 is 2.11 bits per heavy atom. The van der Waals surface area contributed by atoms with Gasteiger partial charge in [0.25, 0.3) is 5.91 Å². The molecule has 0 atom stereocenters. The topological polar surface area (TPSA) is 99.8 Å². The smallest absolute Gasteiger partial charge is 0.257 e. The fraction of sp³-hybridized carbons (Fsp3) is 0.296. The summed E-state index contributed by atoms with van der Waals surface area (Å²) in [5.74, 6) is -0.420. The first-order valence-electron chi connectivity index (χ1n) is 11.9. The van der Waals surface area contributed by atoms with Gasteiger partial charge in [-0.15, -0.1) is 0 Å². The maximum absolute atomic E-state index is 13.2. The molecule has 8 nitrogen and oxygen atoms in total. The maximum Gasteiger partial charge on any atom is 0.257 e. The Labute approximate surface area is 203 Å². The van der Waals surface area contributed by atoms with Crippen molar-refractivity contribution < 1.29 is 19.1 Å². The van der Waals surface area contributed by atoms with Crippen LogP contribution >= 0.6 is 0 Å². The molecule has 3 amide bonds. The van der Waals surface area contributed by atoms with E-state index in [1.54, 1.807) is 30.3 Å². The molecular weight excluding hydrogens is 444 g/mol. The summed E-state index contributed by atoms with van der Waals surface area (Å²) in [5.41, 5.74) is 2.16. The second-order valence-corrected chi connectivity index (χ2v) is 8.98. The molecule has 1 saturated carbocycles. The van der Waals surface area contributed by atoms with Crippen molar-refractivity contribution in [2.75, 3.05) is 48.8 Å². The van der Waals surface area contributed by atoms with Crippen LogP contribution in [0.1, 0.15) is 23.2 Å². The molecule has 35 heavy (non-hydrogen) atoms. The summed E-state index contributed by atoms with van der Waals surface area (Å²) in [6, 6.07) is 18.4. The van der Waals surface area contributed by atoms with Gasteiger partial charge in [0.15, 0.2) is 0 Å². The van der Waals surface area contributed by atoms with Crippen molar-refractivity contribution in [1.29, 1.82) is 0 Å². The van der Waals surface area contributed by atoms with Crippen LogP contribution in [-0.4, -0.2) is 55.5 Å². The zero-order valence-corrected chi connectivity index (χ0v) is 19.4. The van der Waals surface area contributed by atoms with Crippen LogP contribution < -0.4 is 16.0 Å². The van der Waals surface area contributed by atoms with E-state index in [2.05, 4.69) is 20.9 Å². The Hall–Kier alpha value is -3.75. The number of anilines is 3. The van der Waals surface area contributed by atoms with Gasteiger partial charge in [-0.2, -0.15) is 0 Å². The minimum absolute atomic E-state index is 0.0309. The SMILES string of the molecule is O=C(CN1CCOCC1)Nc1ccc(NC(=O)c2cc3ccccc3cc2NC(=O)C2CC2)cc1. The summed E-state index contributed by atoms with van der Waals surface area (Å²) in [4.78, 5) is 40.0. The van der Waals surface area contributed by atoms with Crippen molar-refractivity contribution in [1.82, 2.24) is 4.90 Å². The van der Waals surface area contributed by atoms with E-state index in [1.165, 1.54) is 0 Å². The Kier molecular flexibility index (Phi) is 6.74. The highest BCUT2D eigenvalue weighted by Gasteiger charge is 2.30. The van der Waals surface area contributed by atoms with Gasteiger partial charge in [0.1, 0.15) is 0 Å². The van der Waals surface area contributed by atoms with Crippen LogP contribution in [0.15, 0.2) is 60.7 Å². The molecule has 0 aromatic heterocycles. The molecule has 180 valence electrons. The normalized spacial score (nSPS) is 16.0. The number of hydrogen-bond acceptors (Lipinski definition) is 5. The Balaban J connectivity index is 1.26. The summed E-state index contributed by atoms with van der Waals surface area (Å²) in [7, 11) is 0. The molecule has 1 aliphatic heterocycles. The van der Waals surface area contributed by atoms with Crippen LogP contribution in [0.3, 0.4) is 0 Å². The number of hydrogen-bond donors (Lipinski definition) is 3. The van der Waals surface area contributed by atoms with Crippen molar-refractivity contribution in [2.45, 2.75) is 12.8 Å². The first kappa shape index (κ1) is 23.0. The summed E-state index contributed by atoms with van der Waals surface area (Å²) < 4.78 is 5.31. The predicted octanol–water partition coefficient (Wildman–Crippen LogP) is 3.71. The van der Waals surface area contributed by atoms with E-state index in [-0.39, 0.29) is 23.6 Å². The van der Waals surface area contributed by atoms with E-state index in [1.807, 2.05) is 30.3 Å². The van der Waals surface area contributed by atoms with Crippen LogP contribution in [0.2, 0.25) is 0 Å². The number of morpholine rings is 1. The van der Waals surface area contributed by atoms with E-state index in [9.17, 15) is 14.4 Å². The number of fused-ring (bicyclic) bond motifs is 1. The lowest BCUT2D eigenvalue weighted by Gasteiger charge is -2.25. The predicted molar refractivity (Wildman–Crippen MR) is 136 cm³/mol. The van der Waals surface area contributed by atoms with Gasteiger partial charge in [-0.1, -0.05) is 24.3 Å². The highest BCUT2D eigenvalue weighted by atomic mass is 16.5. The molecule has 0 radical (unpaired) electrons. The lowest BCUT2D eigenvalue weighted by Crippen LogP contribution is -2.41. The standard InChI is InChI=1S/C27H28N4O4/c32-25(17-31-11-13-35-14-12-31)28-21-7-9-22(10-8-21)29-27(34)23-15-19-3-1-2-4-20(19)16-24(23)30-26(33)18-5-6-18/h1-4,7-10,15-16,18H,5-6,11-14,17H2,(H,28,32)(H,29,34)(H,30,33). The van der Waals surface area contributed by atoms with Gasteiger partial charge in [-0.05, 0) is 60.0 Å². The van der Waals surface area contributed by atoms with Crippen molar-refractivity contribution in [2.24, 2.45) is 5.92 Å². The zero-order chi connectivity index (χ0) is 24.2. The number of benzene rings is 3. The summed E-state index contributed by atoms with van der Waals surface area (Å²) in [5, 5.41) is 10.6. The first-order chi connectivity index (χ1) is 17.0. The lowest BCUT2D eigenvalue weighted by molar-refractivity contribution is -0.118. The van der Waals surface area contributed by atoms with Crippen LogP contribution in [-0.2, 0) is 14.3 Å². The second-order valence-electron chi connectivity index (χ2n) is 8.98. The van der Waals surface area contributed by atoms with Gasteiger partial charge in [0.2, 0.25) is 11.8 Å². The molecule has 8 heteroatoms. The van der Waals surface area contributed by atoms with Crippen LogP contribution in [0.4, 0.5) is 17.1 Å². The molecule has 0 bridgehead atoms. The fourth-order valence-corrected chi connectivity index (χ4v) is 4.11. The molecule has 2 aliphatic rings. The monoisotopic (exact) mass is 472 g/mol. The molecule has 3 aromatic rings. The minimum atomic E-state index is -0.314. The Bertz CT molecular complexity index is 1250. The van der Waals surface area contributed by atoms with E-state index in [4.69, 9.17) is 4.74 Å². The van der Waals surface area contributed by atoms with Gasteiger partial charge in [-0.3, -0.25) is 19.3 Å². The summed E-state index contributed by atoms with van der Waals surface area (Å²) >= 11 is 0. The van der Waals surface area contributed by atoms with Gasteiger partial charge < -0.3 is 20.7 Å². The van der Waals surface area contributed by atoms with Gasteiger partial charge in [0.05, 0.1) is 31.0 Å². The Morgan fingerprint density at radius 1 is 0.829 bits per heavy atom. The average molecular weight is 473 g/mol. The molecule has 3 aromatic carbocycles. The third-order valence-electron chi connectivity index (χ3n) is 6.23. The molecule has 0 spiro atoms. The first-order valence-corrected chi connectivity index (χ1v) is 11.9. The van der Waals surface area contributed by atoms with Crippen LogP contribution in [0.5, 0.6) is 0 Å². The summed E-state index contributed by atoms with van der Waals surface area (Å²) in [6.45, 7) is 3.10. The molecule has 0 unspecified atom stereocenters. The van der Waals surface area contributed by atoms with Gasteiger partial charge in [-0.25, -0.2) is 0 Å². The average Bonchev–Trinajstić information content (AvgIpc) is 3.71. The second kappa shape index (κ2) is 10.2. The Morgan fingerprint density at radius 2 is 1.46 bits per heavy atom. The number of nitrogens with one attached hydrogen (secondary N) is 3. The number of ether oxygens (including phenoxy) is 1. The molecule has 1 saturated heterocycles. The minimum Gasteiger partial charge on any atom is -0.379 e. The van der Waals surface area contributed by atoms with Crippen molar-refractivity contribution in [3.05, 3.63) is 66.2 Å². The molecule has 1 aliphatic carbocycles. The van der Waals surface area contributed by atoms with Crippen molar-refractivity contribution in [3.8, 4) is 0 Å². The quantitative estimate of drug-likeness (QED) is 0.487. The van der Waals surface area contributed by atoms with Crippen molar-refractivity contribution in [3.63, 3.8) is 0 Å².